The van der Waals surface area contributed by atoms with E-state index >= 15 is 0 Å². The van der Waals surface area contributed by atoms with Gasteiger partial charge >= 0.3 is 5.97 Å². The Morgan fingerprint density at radius 1 is 0.882 bits per heavy atom. The van der Waals surface area contributed by atoms with Gasteiger partial charge in [0.15, 0.2) is 6.10 Å². The second-order valence-electron chi connectivity index (χ2n) is 8.23. The smallest absolute Gasteiger partial charge is 0.333 e. The van der Waals surface area contributed by atoms with E-state index in [1.54, 1.807) is 21.1 Å². The number of hydrogen-bond donors (Lipinski definition) is 1. The van der Waals surface area contributed by atoms with Gasteiger partial charge in [-0.25, -0.2) is 4.79 Å². The van der Waals surface area contributed by atoms with Gasteiger partial charge in [0, 0.05) is 18.9 Å². The Labute approximate surface area is 200 Å². The standard InChI is InChI=1S/C28H30O6/c1-4-33-27(28(29)30)15-18-5-7-19(8-6-18)34-14-13-24-22-11-9-20(31-2)16-25(22)26-17-21(32-3)10-12-23(24)26/h5-12,16-17,24,27H,4,13-15H2,1-3H3,(H,29,30). The summed E-state index contributed by atoms with van der Waals surface area (Å²) in [6.45, 7) is 2.71. The average Bonchev–Trinajstić information content (AvgIpc) is 3.16. The van der Waals surface area contributed by atoms with Crippen LogP contribution in [0.3, 0.4) is 0 Å². The highest BCUT2D eigenvalue weighted by Gasteiger charge is 2.29. The van der Waals surface area contributed by atoms with Gasteiger partial charge in [-0.2, -0.15) is 0 Å². The van der Waals surface area contributed by atoms with Crippen molar-refractivity contribution in [3.05, 3.63) is 77.4 Å². The lowest BCUT2D eigenvalue weighted by atomic mass is 9.94. The molecule has 0 bridgehead atoms. The topological polar surface area (TPSA) is 74.2 Å². The third kappa shape index (κ3) is 5.02. The van der Waals surface area contributed by atoms with Gasteiger partial charge in [0.25, 0.3) is 0 Å². The second kappa shape index (κ2) is 10.6. The predicted octanol–water partition coefficient (Wildman–Crippen LogP) is 5.32. The van der Waals surface area contributed by atoms with Crippen LogP contribution in [0.4, 0.5) is 0 Å². The summed E-state index contributed by atoms with van der Waals surface area (Å²) >= 11 is 0. The zero-order valence-electron chi connectivity index (χ0n) is 19.7. The van der Waals surface area contributed by atoms with Crippen LogP contribution in [-0.4, -0.2) is 44.6 Å². The Hall–Kier alpha value is -3.51. The van der Waals surface area contributed by atoms with E-state index in [0.29, 0.717) is 19.6 Å². The first kappa shape index (κ1) is 23.6. The quantitative estimate of drug-likeness (QED) is 0.416. The van der Waals surface area contributed by atoms with Crippen molar-refractivity contribution in [2.75, 3.05) is 27.4 Å². The zero-order chi connectivity index (χ0) is 24.1. The van der Waals surface area contributed by atoms with E-state index in [-0.39, 0.29) is 5.92 Å². The summed E-state index contributed by atoms with van der Waals surface area (Å²) < 4.78 is 22.2. The van der Waals surface area contributed by atoms with Gasteiger partial charge in [-0.15, -0.1) is 0 Å². The van der Waals surface area contributed by atoms with Gasteiger partial charge in [-0.05, 0) is 77.6 Å². The molecule has 1 N–H and O–H groups in total. The zero-order valence-corrected chi connectivity index (χ0v) is 19.7. The number of carboxylic acids is 1. The Bertz CT molecular complexity index is 1080. The van der Waals surface area contributed by atoms with Gasteiger partial charge in [0.2, 0.25) is 0 Å². The van der Waals surface area contributed by atoms with Crippen LogP contribution in [-0.2, 0) is 16.0 Å². The molecule has 0 fully saturated rings. The summed E-state index contributed by atoms with van der Waals surface area (Å²) in [5.41, 5.74) is 5.77. The van der Waals surface area contributed by atoms with Crippen molar-refractivity contribution >= 4 is 5.97 Å². The lowest BCUT2D eigenvalue weighted by Crippen LogP contribution is -2.26. The van der Waals surface area contributed by atoms with Crippen molar-refractivity contribution in [2.24, 2.45) is 0 Å². The largest absolute Gasteiger partial charge is 0.497 e. The number of methoxy groups -OCH3 is 2. The van der Waals surface area contributed by atoms with Gasteiger partial charge in [0.05, 0.1) is 20.8 Å². The summed E-state index contributed by atoms with van der Waals surface area (Å²) in [6, 6.07) is 20.0. The third-order valence-corrected chi connectivity index (χ3v) is 6.22. The second-order valence-corrected chi connectivity index (χ2v) is 8.23. The van der Waals surface area contributed by atoms with Crippen LogP contribution in [0.1, 0.15) is 36.0 Å². The maximum Gasteiger partial charge on any atom is 0.333 e. The fraction of sp³-hybridized carbons (Fsp3) is 0.321. The minimum Gasteiger partial charge on any atom is -0.497 e. The molecule has 34 heavy (non-hydrogen) atoms. The molecule has 0 saturated carbocycles. The molecule has 6 nitrogen and oxygen atoms in total. The normalized spacial score (nSPS) is 13.1. The van der Waals surface area contributed by atoms with Crippen LogP contribution >= 0.6 is 0 Å². The van der Waals surface area contributed by atoms with Gasteiger partial charge < -0.3 is 24.1 Å². The van der Waals surface area contributed by atoms with Crippen LogP contribution < -0.4 is 14.2 Å². The number of carbonyl (C=O) groups is 1. The molecule has 0 radical (unpaired) electrons. The van der Waals surface area contributed by atoms with E-state index in [9.17, 15) is 9.90 Å². The van der Waals surface area contributed by atoms with Gasteiger partial charge in [-0.3, -0.25) is 0 Å². The van der Waals surface area contributed by atoms with E-state index in [2.05, 4.69) is 24.3 Å². The van der Waals surface area contributed by atoms with Crippen LogP contribution in [0.5, 0.6) is 17.2 Å². The lowest BCUT2D eigenvalue weighted by molar-refractivity contribution is -0.149. The van der Waals surface area contributed by atoms with Crippen molar-refractivity contribution < 1.29 is 28.8 Å². The molecule has 1 aliphatic carbocycles. The molecule has 0 aliphatic heterocycles. The molecular weight excluding hydrogens is 432 g/mol. The molecule has 0 amide bonds. The monoisotopic (exact) mass is 462 g/mol. The molecule has 6 heteroatoms. The first-order valence-electron chi connectivity index (χ1n) is 11.5. The maximum atomic E-state index is 11.3. The molecule has 1 aliphatic rings. The minimum absolute atomic E-state index is 0.226. The van der Waals surface area contributed by atoms with Crippen LogP contribution in [0.15, 0.2) is 60.7 Å². The SMILES string of the molecule is CCOC(Cc1ccc(OCCC2c3ccc(OC)cc3-c3cc(OC)ccc32)cc1)C(=O)O. The minimum atomic E-state index is -0.949. The van der Waals surface area contributed by atoms with E-state index < -0.39 is 12.1 Å². The number of benzene rings is 3. The Morgan fingerprint density at radius 2 is 1.44 bits per heavy atom. The fourth-order valence-corrected chi connectivity index (χ4v) is 4.53. The van der Waals surface area contributed by atoms with Crippen molar-refractivity contribution in [3.8, 4) is 28.4 Å². The number of aliphatic carboxylic acids is 1. The first-order chi connectivity index (χ1) is 16.5. The molecule has 0 saturated heterocycles. The summed E-state index contributed by atoms with van der Waals surface area (Å²) in [5.74, 6) is 1.70. The molecular formula is C28H30O6. The van der Waals surface area contributed by atoms with Gasteiger partial charge in [0.1, 0.15) is 17.2 Å². The highest BCUT2D eigenvalue weighted by Crippen LogP contribution is 2.48. The molecule has 1 unspecified atom stereocenters. The maximum absolute atomic E-state index is 11.3. The third-order valence-electron chi connectivity index (χ3n) is 6.22. The summed E-state index contributed by atoms with van der Waals surface area (Å²) in [6.07, 6.45) is 0.314. The van der Waals surface area contributed by atoms with E-state index in [1.807, 2.05) is 36.4 Å². The molecule has 1 atom stereocenters. The van der Waals surface area contributed by atoms with Crippen molar-refractivity contribution in [3.63, 3.8) is 0 Å². The van der Waals surface area contributed by atoms with Crippen molar-refractivity contribution in [1.29, 1.82) is 0 Å². The Balaban J connectivity index is 1.44. The molecule has 3 aromatic rings. The van der Waals surface area contributed by atoms with Crippen LogP contribution in [0, 0.1) is 0 Å². The summed E-state index contributed by atoms with van der Waals surface area (Å²) in [4.78, 5) is 11.3. The van der Waals surface area contributed by atoms with E-state index in [0.717, 1.165) is 29.2 Å². The molecule has 0 heterocycles. The number of fused-ring (bicyclic) bond motifs is 3. The number of rotatable bonds is 11. The highest BCUT2D eigenvalue weighted by molar-refractivity contribution is 5.81. The highest BCUT2D eigenvalue weighted by atomic mass is 16.5. The fourth-order valence-electron chi connectivity index (χ4n) is 4.53. The van der Waals surface area contributed by atoms with Crippen molar-refractivity contribution in [2.45, 2.75) is 31.8 Å². The van der Waals surface area contributed by atoms with Crippen molar-refractivity contribution in [1.82, 2.24) is 0 Å². The lowest BCUT2D eigenvalue weighted by Gasteiger charge is -2.15. The Kier molecular flexibility index (Phi) is 7.38. The van der Waals surface area contributed by atoms with Gasteiger partial charge in [-0.1, -0.05) is 24.3 Å². The number of carboxylic acid groups (broad SMARTS) is 1. The molecule has 0 spiro atoms. The predicted molar refractivity (Wildman–Crippen MR) is 130 cm³/mol. The average molecular weight is 463 g/mol. The molecule has 0 aromatic heterocycles. The molecule has 178 valence electrons. The Morgan fingerprint density at radius 3 is 1.94 bits per heavy atom. The first-order valence-corrected chi connectivity index (χ1v) is 11.5. The summed E-state index contributed by atoms with van der Waals surface area (Å²) in [5, 5.41) is 9.27. The van der Waals surface area contributed by atoms with E-state index in [1.165, 1.54) is 22.3 Å². The van der Waals surface area contributed by atoms with Crippen LogP contribution in [0.2, 0.25) is 0 Å². The van der Waals surface area contributed by atoms with Crippen LogP contribution in [0.25, 0.3) is 11.1 Å². The molecule has 4 rings (SSSR count). The number of ether oxygens (including phenoxy) is 4. The van der Waals surface area contributed by atoms with E-state index in [4.69, 9.17) is 18.9 Å². The molecule has 3 aromatic carbocycles. The number of hydrogen-bond acceptors (Lipinski definition) is 5. The summed E-state index contributed by atoms with van der Waals surface area (Å²) in [7, 11) is 3.36.